The molecule has 0 radical (unpaired) electrons. The molecule has 108 valence electrons. The van der Waals surface area contributed by atoms with Gasteiger partial charge in [0.25, 0.3) is 0 Å². The highest BCUT2D eigenvalue weighted by Crippen LogP contribution is 2.23. The van der Waals surface area contributed by atoms with Crippen molar-refractivity contribution in [1.29, 1.82) is 0 Å². The summed E-state index contributed by atoms with van der Waals surface area (Å²) in [6.07, 6.45) is -4.35. The number of likely N-dealkylation sites (tertiary alicyclic amines) is 1. The quantitative estimate of drug-likeness (QED) is 0.823. The Bertz CT molecular complexity index is 387. The van der Waals surface area contributed by atoms with Gasteiger partial charge in [-0.3, -0.25) is 14.4 Å². The number of nitrogens with zero attached hydrogens (tertiary/aromatic N) is 1. The summed E-state index contributed by atoms with van der Waals surface area (Å²) in [6, 6.07) is 0. The lowest BCUT2D eigenvalue weighted by molar-refractivity contribution is -0.141. The van der Waals surface area contributed by atoms with Crippen LogP contribution in [0.4, 0.5) is 13.2 Å². The Morgan fingerprint density at radius 1 is 1.47 bits per heavy atom. The third kappa shape index (κ3) is 5.95. The summed E-state index contributed by atoms with van der Waals surface area (Å²) in [4.78, 5) is 34.8. The zero-order chi connectivity index (χ0) is 14.6. The fourth-order valence-corrected chi connectivity index (χ4v) is 2.58. The van der Waals surface area contributed by atoms with Crippen LogP contribution in [0.15, 0.2) is 0 Å². The first kappa shape index (κ1) is 15.8. The average molecular weight is 298 g/mol. The third-order valence-corrected chi connectivity index (χ3v) is 3.31. The molecule has 1 atom stereocenters. The molecule has 2 amide bonds. The van der Waals surface area contributed by atoms with Gasteiger partial charge >= 0.3 is 6.18 Å². The smallest absolute Gasteiger partial charge is 0.345 e. The minimum atomic E-state index is -4.47. The van der Waals surface area contributed by atoms with Crippen LogP contribution in [-0.2, 0) is 14.4 Å². The predicted octanol–water partition coefficient (Wildman–Crippen LogP) is 0.545. The van der Waals surface area contributed by atoms with Crippen molar-refractivity contribution in [3.8, 4) is 0 Å². The molecule has 1 saturated heterocycles. The zero-order valence-corrected chi connectivity index (χ0v) is 10.9. The molecule has 1 heterocycles. The van der Waals surface area contributed by atoms with Crippen molar-refractivity contribution in [3.63, 3.8) is 0 Å². The van der Waals surface area contributed by atoms with E-state index in [2.05, 4.69) is 0 Å². The SMILES string of the molecule is CC(=O)SC1CC(=O)N(CC(=O)NCC(F)(F)F)C1. The second kappa shape index (κ2) is 6.27. The molecule has 1 unspecified atom stereocenters. The van der Waals surface area contributed by atoms with Gasteiger partial charge < -0.3 is 10.2 Å². The summed E-state index contributed by atoms with van der Waals surface area (Å²) >= 11 is 1.00. The van der Waals surface area contributed by atoms with E-state index in [9.17, 15) is 27.6 Å². The Hall–Kier alpha value is -1.25. The van der Waals surface area contributed by atoms with Crippen LogP contribution in [0.1, 0.15) is 13.3 Å². The third-order valence-electron chi connectivity index (χ3n) is 2.33. The number of rotatable bonds is 4. The highest BCUT2D eigenvalue weighted by atomic mass is 32.2. The van der Waals surface area contributed by atoms with Gasteiger partial charge in [0.1, 0.15) is 6.54 Å². The van der Waals surface area contributed by atoms with Crippen LogP contribution in [0.5, 0.6) is 0 Å². The Labute approximate surface area is 111 Å². The molecule has 9 heteroatoms. The van der Waals surface area contributed by atoms with E-state index in [0.717, 1.165) is 16.7 Å². The molecule has 1 N–H and O–H groups in total. The summed E-state index contributed by atoms with van der Waals surface area (Å²) in [5.74, 6) is -1.19. The number of nitrogens with one attached hydrogen (secondary N) is 1. The van der Waals surface area contributed by atoms with Gasteiger partial charge in [0.05, 0.1) is 6.54 Å². The fourth-order valence-electron chi connectivity index (χ4n) is 1.63. The second-order valence-electron chi connectivity index (χ2n) is 4.10. The lowest BCUT2D eigenvalue weighted by Crippen LogP contribution is -2.41. The molecule has 0 spiro atoms. The second-order valence-corrected chi connectivity index (χ2v) is 5.58. The summed E-state index contributed by atoms with van der Waals surface area (Å²) in [7, 11) is 0. The number of thioether (sulfide) groups is 1. The van der Waals surface area contributed by atoms with Crippen molar-refractivity contribution in [2.24, 2.45) is 0 Å². The van der Waals surface area contributed by atoms with Crippen molar-refractivity contribution < 1.29 is 27.6 Å². The number of hydrogen-bond acceptors (Lipinski definition) is 4. The van der Waals surface area contributed by atoms with E-state index in [0.29, 0.717) is 0 Å². The maximum absolute atomic E-state index is 11.9. The van der Waals surface area contributed by atoms with Crippen LogP contribution >= 0.6 is 11.8 Å². The van der Waals surface area contributed by atoms with Gasteiger partial charge in [-0.05, 0) is 0 Å². The molecular weight excluding hydrogens is 285 g/mol. The summed E-state index contributed by atoms with van der Waals surface area (Å²) < 4.78 is 35.6. The molecule has 0 aliphatic carbocycles. The highest BCUT2D eigenvalue weighted by molar-refractivity contribution is 8.14. The van der Waals surface area contributed by atoms with Crippen LogP contribution in [0.2, 0.25) is 0 Å². The van der Waals surface area contributed by atoms with Crippen LogP contribution in [0.25, 0.3) is 0 Å². The van der Waals surface area contributed by atoms with Crippen LogP contribution < -0.4 is 5.32 Å². The number of hydrogen-bond donors (Lipinski definition) is 1. The van der Waals surface area contributed by atoms with Crippen molar-refractivity contribution in [2.75, 3.05) is 19.6 Å². The summed E-state index contributed by atoms with van der Waals surface area (Å²) in [5, 5.41) is 1.32. The van der Waals surface area contributed by atoms with E-state index in [-0.39, 0.29) is 29.2 Å². The normalized spacial score (nSPS) is 19.7. The van der Waals surface area contributed by atoms with Crippen molar-refractivity contribution >= 4 is 28.7 Å². The molecule has 1 aliphatic heterocycles. The monoisotopic (exact) mass is 298 g/mol. The molecule has 1 rings (SSSR count). The minimum absolute atomic E-state index is 0.122. The van der Waals surface area contributed by atoms with Gasteiger partial charge in [-0.25, -0.2) is 0 Å². The summed E-state index contributed by atoms with van der Waals surface area (Å²) in [5.41, 5.74) is 0. The van der Waals surface area contributed by atoms with Crippen LogP contribution in [-0.4, -0.2) is 52.9 Å². The van der Waals surface area contributed by atoms with E-state index in [1.165, 1.54) is 6.92 Å². The predicted molar refractivity (Wildman–Crippen MR) is 62.3 cm³/mol. The number of carbonyl (C=O) groups excluding carboxylic acids is 3. The lowest BCUT2D eigenvalue weighted by Gasteiger charge is -2.16. The molecule has 1 aliphatic rings. The molecule has 0 aromatic rings. The van der Waals surface area contributed by atoms with Gasteiger partial charge in [-0.15, -0.1) is 0 Å². The summed E-state index contributed by atoms with van der Waals surface area (Å²) in [6.45, 7) is -0.264. The van der Waals surface area contributed by atoms with Gasteiger partial charge in [-0.1, -0.05) is 11.8 Å². The van der Waals surface area contributed by atoms with E-state index >= 15 is 0 Å². The molecule has 0 saturated carbocycles. The molecule has 5 nitrogen and oxygen atoms in total. The first-order chi connectivity index (χ1) is 8.67. The fraction of sp³-hybridized carbons (Fsp3) is 0.700. The Morgan fingerprint density at radius 3 is 2.63 bits per heavy atom. The number of halogens is 3. The van der Waals surface area contributed by atoms with Gasteiger partial charge in [0.2, 0.25) is 11.8 Å². The number of carbonyl (C=O) groups is 3. The minimum Gasteiger partial charge on any atom is -0.345 e. The number of amides is 2. The van der Waals surface area contributed by atoms with Crippen molar-refractivity contribution in [1.82, 2.24) is 10.2 Å². The van der Waals surface area contributed by atoms with Gasteiger partial charge in [-0.2, -0.15) is 13.2 Å². The zero-order valence-electron chi connectivity index (χ0n) is 10.1. The molecule has 1 fully saturated rings. The van der Waals surface area contributed by atoms with E-state index in [1.807, 2.05) is 0 Å². The Kier molecular flexibility index (Phi) is 5.21. The average Bonchev–Trinajstić information content (AvgIpc) is 2.54. The maximum Gasteiger partial charge on any atom is 0.405 e. The van der Waals surface area contributed by atoms with Gasteiger partial charge in [0, 0.05) is 25.1 Å². The Balaban J connectivity index is 2.39. The largest absolute Gasteiger partial charge is 0.405 e. The van der Waals surface area contributed by atoms with Crippen LogP contribution in [0, 0.1) is 0 Å². The molecular formula is C10H13F3N2O3S. The molecule has 0 bridgehead atoms. The van der Waals surface area contributed by atoms with Crippen molar-refractivity contribution in [3.05, 3.63) is 0 Å². The van der Waals surface area contributed by atoms with Gasteiger partial charge in [0.15, 0.2) is 5.12 Å². The molecule has 0 aromatic carbocycles. The standard InChI is InChI=1S/C10H13F3N2O3S/c1-6(16)19-7-2-9(18)15(3-7)4-8(17)14-5-10(11,12)13/h7H,2-5H2,1H3,(H,14,17). The molecule has 0 aromatic heterocycles. The van der Waals surface area contributed by atoms with E-state index in [1.54, 1.807) is 5.32 Å². The highest BCUT2D eigenvalue weighted by Gasteiger charge is 2.33. The maximum atomic E-state index is 11.9. The van der Waals surface area contributed by atoms with Crippen LogP contribution in [0.3, 0.4) is 0 Å². The number of alkyl halides is 3. The lowest BCUT2D eigenvalue weighted by atomic mass is 10.4. The van der Waals surface area contributed by atoms with E-state index < -0.39 is 25.2 Å². The molecule has 19 heavy (non-hydrogen) atoms. The Morgan fingerprint density at radius 2 is 2.11 bits per heavy atom. The van der Waals surface area contributed by atoms with E-state index in [4.69, 9.17) is 0 Å². The first-order valence-electron chi connectivity index (χ1n) is 5.46. The van der Waals surface area contributed by atoms with Crippen molar-refractivity contribution in [2.45, 2.75) is 24.8 Å². The topological polar surface area (TPSA) is 66.5 Å². The first-order valence-corrected chi connectivity index (χ1v) is 6.34.